The summed E-state index contributed by atoms with van der Waals surface area (Å²) in [5.41, 5.74) is 9.19. The number of nitrogens with zero attached hydrogens (tertiary/aromatic N) is 2. The van der Waals surface area contributed by atoms with Gasteiger partial charge in [-0.3, -0.25) is 4.79 Å². The lowest BCUT2D eigenvalue weighted by molar-refractivity contribution is -0.145. The van der Waals surface area contributed by atoms with Gasteiger partial charge in [-0.2, -0.15) is 0 Å². The number of phenolic OH excluding ortho intramolecular Hbond substituents is 3. The Labute approximate surface area is 581 Å². The van der Waals surface area contributed by atoms with Gasteiger partial charge in [0.05, 0.1) is 18.7 Å². The SMILES string of the molecule is CC(C)(C)c1cc(C(C)(CC(=O)OCCOc2ccc(N3CCCCC3)cc2)c2ccc(O)c(C(C)(C)C)c2)ccc1O.CC1(C)CC(C)(C)c2cc(O)ccc21.CCCCCCCCCC.CCCCCCCCc1ccc(OCCCC)c(N(CCCC)CCCC)c1. The Morgan fingerprint density at radius 3 is 1.49 bits per heavy atom. The van der Waals surface area contributed by atoms with Crippen molar-refractivity contribution < 1.29 is 34.3 Å². The van der Waals surface area contributed by atoms with E-state index >= 15 is 0 Å². The second-order valence-corrected chi connectivity index (χ2v) is 31.1. The molecule has 9 nitrogen and oxygen atoms in total. The van der Waals surface area contributed by atoms with E-state index in [1.165, 1.54) is 176 Å². The summed E-state index contributed by atoms with van der Waals surface area (Å²) in [5.74, 6) is 2.33. The molecule has 0 bridgehead atoms. The third-order valence-corrected chi connectivity index (χ3v) is 19.4. The minimum atomic E-state index is -0.774. The second kappa shape index (κ2) is 41.4. The quantitative estimate of drug-likeness (QED) is 0.0274. The minimum Gasteiger partial charge on any atom is -0.508 e. The lowest BCUT2D eigenvalue weighted by Gasteiger charge is -2.33. The first-order valence-electron chi connectivity index (χ1n) is 37.8. The van der Waals surface area contributed by atoms with Crippen molar-refractivity contribution in [3.05, 3.63) is 136 Å². The summed E-state index contributed by atoms with van der Waals surface area (Å²) in [6.07, 6.45) is 33.1. The molecule has 9 heteroatoms. The fourth-order valence-electron chi connectivity index (χ4n) is 13.6. The van der Waals surface area contributed by atoms with Crippen molar-refractivity contribution in [2.24, 2.45) is 0 Å². The third kappa shape index (κ3) is 27.5. The first-order valence-corrected chi connectivity index (χ1v) is 37.8. The van der Waals surface area contributed by atoms with Gasteiger partial charge < -0.3 is 39.3 Å². The molecule has 0 atom stereocenters. The molecule has 0 aromatic heterocycles. The topological polar surface area (TPSA) is 112 Å². The van der Waals surface area contributed by atoms with Gasteiger partial charge in [-0.15, -0.1) is 0 Å². The predicted octanol–water partition coefficient (Wildman–Crippen LogP) is 23.7. The highest BCUT2D eigenvalue weighted by molar-refractivity contribution is 5.73. The highest BCUT2D eigenvalue weighted by Crippen LogP contribution is 2.50. The molecule has 1 saturated heterocycles. The fraction of sp³-hybridized carbons (Fsp3) is 0.640. The van der Waals surface area contributed by atoms with E-state index in [1.807, 2.05) is 49.4 Å². The van der Waals surface area contributed by atoms with Crippen LogP contribution in [0.15, 0.2) is 97.1 Å². The van der Waals surface area contributed by atoms with E-state index in [0.717, 1.165) is 79.4 Å². The number of aryl methyl sites for hydroxylation is 1. The first-order chi connectivity index (χ1) is 45.2. The monoisotopic (exact) mass is 1310 g/mol. The van der Waals surface area contributed by atoms with Crippen molar-refractivity contribution in [1.29, 1.82) is 0 Å². The van der Waals surface area contributed by atoms with Crippen LogP contribution < -0.4 is 19.3 Å². The molecule has 3 N–H and O–H groups in total. The number of fused-ring (bicyclic) bond motifs is 1. The number of anilines is 2. The Morgan fingerprint density at radius 2 is 0.989 bits per heavy atom. The van der Waals surface area contributed by atoms with Crippen LogP contribution in [0.4, 0.5) is 11.4 Å². The third-order valence-electron chi connectivity index (χ3n) is 19.4. The molecule has 95 heavy (non-hydrogen) atoms. The van der Waals surface area contributed by atoms with Gasteiger partial charge in [0.25, 0.3) is 0 Å². The van der Waals surface area contributed by atoms with E-state index in [-0.39, 0.29) is 58.8 Å². The molecule has 5 aromatic carbocycles. The average Bonchev–Trinajstić information content (AvgIpc) is 1.68. The van der Waals surface area contributed by atoms with E-state index in [1.54, 1.807) is 18.2 Å². The summed E-state index contributed by atoms with van der Waals surface area (Å²) in [5, 5.41) is 30.8. The Kier molecular flexibility index (Phi) is 35.6. The molecule has 0 amide bonds. The number of hydrogen-bond acceptors (Lipinski definition) is 9. The van der Waals surface area contributed by atoms with Gasteiger partial charge >= 0.3 is 5.97 Å². The summed E-state index contributed by atoms with van der Waals surface area (Å²) in [4.78, 5) is 18.3. The largest absolute Gasteiger partial charge is 0.508 e. The van der Waals surface area contributed by atoms with Gasteiger partial charge in [-0.1, -0.05) is 257 Å². The second-order valence-electron chi connectivity index (χ2n) is 31.1. The molecule has 2 aliphatic rings. The van der Waals surface area contributed by atoms with Gasteiger partial charge in [0.15, 0.2) is 0 Å². The van der Waals surface area contributed by atoms with E-state index in [9.17, 15) is 20.1 Å². The van der Waals surface area contributed by atoms with Gasteiger partial charge in [0.1, 0.15) is 42.0 Å². The van der Waals surface area contributed by atoms with Gasteiger partial charge in [0, 0.05) is 37.3 Å². The number of carbonyl (C=O) groups excluding carboxylic acids is 1. The number of benzene rings is 5. The van der Waals surface area contributed by atoms with E-state index in [0.29, 0.717) is 5.75 Å². The molecule has 532 valence electrons. The highest BCUT2D eigenvalue weighted by Gasteiger charge is 2.42. The van der Waals surface area contributed by atoms with E-state index < -0.39 is 5.41 Å². The molecule has 0 saturated carbocycles. The lowest BCUT2D eigenvalue weighted by atomic mass is 9.70. The lowest BCUT2D eigenvalue weighted by Crippen LogP contribution is -2.30. The Bertz CT molecular complexity index is 2860. The van der Waals surface area contributed by atoms with Crippen LogP contribution in [0, 0.1) is 0 Å². The number of aromatic hydroxyl groups is 3. The highest BCUT2D eigenvalue weighted by atomic mass is 16.6. The first kappa shape index (κ1) is 81.6. The van der Waals surface area contributed by atoms with Gasteiger partial charge in [-0.05, 0) is 179 Å². The van der Waals surface area contributed by atoms with Crippen LogP contribution in [0.1, 0.15) is 317 Å². The summed E-state index contributed by atoms with van der Waals surface area (Å²) in [6, 6.07) is 32.0. The molecule has 1 fully saturated rings. The van der Waals surface area contributed by atoms with Gasteiger partial charge in [0.2, 0.25) is 0 Å². The minimum absolute atomic E-state index is 0.0836. The average molecular weight is 1310 g/mol. The number of esters is 1. The smallest absolute Gasteiger partial charge is 0.307 e. The van der Waals surface area contributed by atoms with Crippen LogP contribution in [-0.4, -0.2) is 67.3 Å². The van der Waals surface area contributed by atoms with Crippen molar-refractivity contribution in [2.75, 3.05) is 55.8 Å². The number of hydrogen-bond donors (Lipinski definition) is 3. The number of carbonyl (C=O) groups is 1. The van der Waals surface area contributed by atoms with Crippen molar-refractivity contribution in [3.8, 4) is 28.7 Å². The zero-order valence-corrected chi connectivity index (χ0v) is 63.4. The maximum atomic E-state index is 13.4. The normalized spacial score (nSPS) is 14.1. The number of phenols is 3. The predicted molar refractivity (Wildman–Crippen MR) is 407 cm³/mol. The Balaban J connectivity index is 0.000000312. The summed E-state index contributed by atoms with van der Waals surface area (Å²) in [6.45, 7) is 42.7. The van der Waals surface area contributed by atoms with Crippen LogP contribution in [0.2, 0.25) is 0 Å². The fourth-order valence-corrected chi connectivity index (χ4v) is 13.6. The number of piperidine rings is 1. The molecule has 1 aliphatic carbocycles. The van der Waals surface area contributed by atoms with E-state index in [2.05, 4.69) is 157 Å². The standard InChI is InChI=1S/C37H49NO5.C26H47NO.C13H18O.C10H22/c1-35(2,3)30-23-26(11-17-32(30)39)37(7,27-12-18-33(40)31(24-27)36(4,5)6)25-34(41)43-22-21-42-29-15-13-28(14-16-29)38-19-9-8-10-20-38;1-5-9-13-14-15-16-17-24-18-19-26(28-22-12-8-4)25(23-24)27(20-10-6-2)21-11-7-3;1-12(2)8-13(3,4)11-7-9(14)5-6-10(11)12;1-3-5-7-9-10-8-6-4-2/h11-18,23-24,39-40H,8-10,19-22,25H2,1-7H3;18-19,23H,5-17,20-22H2,1-4H3;5-7,14H,8H2,1-4H3;3-10H2,1-2H3. The molecule has 0 radical (unpaired) electrons. The van der Waals surface area contributed by atoms with Crippen LogP contribution >= 0.6 is 0 Å². The Morgan fingerprint density at radius 1 is 0.495 bits per heavy atom. The van der Waals surface area contributed by atoms with Crippen LogP contribution in [0.5, 0.6) is 28.7 Å². The van der Waals surface area contributed by atoms with Gasteiger partial charge in [-0.25, -0.2) is 0 Å². The molecular weight excluding hydrogens is 1170 g/mol. The summed E-state index contributed by atoms with van der Waals surface area (Å²) in [7, 11) is 0. The van der Waals surface area contributed by atoms with Crippen molar-refractivity contribution in [1.82, 2.24) is 0 Å². The molecule has 7 rings (SSSR count). The summed E-state index contributed by atoms with van der Waals surface area (Å²) >= 11 is 0. The number of ether oxygens (including phenoxy) is 3. The Hall–Kier alpha value is -5.83. The number of unbranched alkanes of at least 4 members (excludes halogenated alkanes) is 15. The van der Waals surface area contributed by atoms with Crippen molar-refractivity contribution in [2.45, 2.75) is 312 Å². The molecule has 1 heterocycles. The molecule has 0 spiro atoms. The maximum Gasteiger partial charge on any atom is 0.307 e. The molecule has 0 unspecified atom stereocenters. The zero-order chi connectivity index (χ0) is 70.1. The molecule has 1 aliphatic heterocycles. The molecule has 5 aromatic rings. The van der Waals surface area contributed by atoms with Crippen LogP contribution in [-0.2, 0) is 43.0 Å². The maximum absolute atomic E-state index is 13.4. The van der Waals surface area contributed by atoms with E-state index in [4.69, 9.17) is 14.2 Å². The van der Waals surface area contributed by atoms with Crippen LogP contribution in [0.25, 0.3) is 0 Å². The zero-order valence-electron chi connectivity index (χ0n) is 63.4. The van der Waals surface area contributed by atoms with Crippen molar-refractivity contribution in [3.63, 3.8) is 0 Å². The van der Waals surface area contributed by atoms with Crippen molar-refractivity contribution >= 4 is 17.3 Å². The van der Waals surface area contributed by atoms with Crippen LogP contribution in [0.3, 0.4) is 0 Å². The summed E-state index contributed by atoms with van der Waals surface area (Å²) < 4.78 is 17.8. The number of rotatable bonds is 34. The molecular formula is C86H136N2O7.